The Morgan fingerprint density at radius 1 is 0.762 bits per heavy atom. The predicted octanol–water partition coefficient (Wildman–Crippen LogP) is 7.39. The molecule has 0 aliphatic heterocycles. The van der Waals surface area contributed by atoms with Gasteiger partial charge in [-0.15, -0.1) is 0 Å². The smallest absolute Gasteiger partial charge is 0.189 e. The summed E-state index contributed by atoms with van der Waals surface area (Å²) in [6.45, 7) is 24.6. The maximum absolute atomic E-state index is 12.3. The van der Waals surface area contributed by atoms with Crippen LogP contribution < -0.4 is 9.47 Å². The van der Waals surface area contributed by atoms with E-state index in [4.69, 9.17) is 18.9 Å². The molecular formula is C36H46O6. The molecule has 0 N–H and O–H groups in total. The molecule has 0 aliphatic rings. The van der Waals surface area contributed by atoms with Crippen molar-refractivity contribution in [3.05, 3.63) is 84.0 Å². The van der Waals surface area contributed by atoms with E-state index in [1.54, 1.807) is 41.5 Å². The second kappa shape index (κ2) is 14.5. The molecule has 42 heavy (non-hydrogen) atoms. The van der Waals surface area contributed by atoms with E-state index in [0.29, 0.717) is 29.9 Å². The molecule has 6 heteroatoms. The van der Waals surface area contributed by atoms with Gasteiger partial charge in [-0.25, -0.2) is 0 Å². The van der Waals surface area contributed by atoms with Crippen LogP contribution in [0.5, 0.6) is 11.5 Å². The Bertz CT molecular complexity index is 1320. The lowest BCUT2D eigenvalue weighted by molar-refractivity contribution is -0.138. The van der Waals surface area contributed by atoms with Gasteiger partial charge >= 0.3 is 0 Å². The summed E-state index contributed by atoms with van der Waals surface area (Å²) in [7, 11) is 0. The number of carbonyl (C=O) groups is 2. The summed E-state index contributed by atoms with van der Waals surface area (Å²) in [4.78, 5) is 24.3. The Morgan fingerprint density at radius 3 is 1.69 bits per heavy atom. The van der Waals surface area contributed by atoms with Crippen molar-refractivity contribution in [2.24, 2.45) is 0 Å². The summed E-state index contributed by atoms with van der Waals surface area (Å²) in [5.41, 5.74) is 1.09. The van der Waals surface area contributed by atoms with Gasteiger partial charge in [0, 0.05) is 11.8 Å². The Morgan fingerprint density at radius 2 is 1.21 bits per heavy atom. The SMILES string of the molecule is C=C(C)C(=O)C(C)(C)OCCC#COc1ccc(C(C)(C)c2ccc(OC(C)COC(C)(C)C(=O)C(=C)C)cc2)cc1. The van der Waals surface area contributed by atoms with E-state index in [0.717, 1.165) is 16.9 Å². The van der Waals surface area contributed by atoms with Gasteiger partial charge < -0.3 is 18.9 Å². The lowest BCUT2D eigenvalue weighted by Crippen LogP contribution is -2.38. The molecule has 1 unspecified atom stereocenters. The topological polar surface area (TPSA) is 71.1 Å². The van der Waals surface area contributed by atoms with Crippen LogP contribution in [0.15, 0.2) is 72.8 Å². The molecule has 0 saturated heterocycles. The molecule has 2 aromatic rings. The minimum atomic E-state index is -0.940. The van der Waals surface area contributed by atoms with Gasteiger partial charge in [-0.1, -0.05) is 57.2 Å². The van der Waals surface area contributed by atoms with Crippen LogP contribution in [0.25, 0.3) is 0 Å². The third-order valence-corrected chi connectivity index (χ3v) is 6.97. The van der Waals surface area contributed by atoms with Gasteiger partial charge in [0.25, 0.3) is 0 Å². The number of Topliss-reactive ketones (excluding diaryl/α,β-unsaturated/α-hetero) is 2. The summed E-state index contributed by atoms with van der Waals surface area (Å²) in [6.07, 6.45) is 2.91. The number of carbonyl (C=O) groups excluding carboxylic acids is 2. The molecule has 0 spiro atoms. The number of hydrogen-bond acceptors (Lipinski definition) is 6. The second-order valence-electron chi connectivity index (χ2n) is 12.1. The van der Waals surface area contributed by atoms with E-state index in [1.807, 2.05) is 43.3 Å². The summed E-state index contributed by atoms with van der Waals surface area (Å²) < 4.78 is 23.1. The number of ketones is 2. The van der Waals surface area contributed by atoms with Crippen molar-refractivity contribution < 1.29 is 28.5 Å². The summed E-state index contributed by atoms with van der Waals surface area (Å²) in [5.74, 6) is 4.06. The molecule has 0 amide bonds. The highest BCUT2D eigenvalue weighted by atomic mass is 16.5. The van der Waals surface area contributed by atoms with Crippen molar-refractivity contribution in [3.8, 4) is 23.5 Å². The lowest BCUT2D eigenvalue weighted by Gasteiger charge is -2.27. The predicted molar refractivity (Wildman–Crippen MR) is 168 cm³/mol. The fourth-order valence-corrected chi connectivity index (χ4v) is 4.31. The average Bonchev–Trinajstić information content (AvgIpc) is 2.93. The first-order valence-electron chi connectivity index (χ1n) is 14.2. The Hall–Kier alpha value is -3.66. The lowest BCUT2D eigenvalue weighted by atomic mass is 9.78. The Kier molecular flexibility index (Phi) is 11.9. The molecule has 0 saturated carbocycles. The molecule has 0 aliphatic carbocycles. The molecule has 2 aromatic carbocycles. The largest absolute Gasteiger partial charge is 0.488 e. The summed E-state index contributed by atoms with van der Waals surface area (Å²) in [6, 6.07) is 15.9. The quantitative estimate of drug-likeness (QED) is 0.125. The van der Waals surface area contributed by atoms with E-state index in [2.05, 4.69) is 51.2 Å². The standard InChI is InChI=1S/C36H46O6/c1-25(2)32(37)35(8,9)40-23-13-12-22-39-30-18-14-28(15-19-30)34(6,7)29-16-20-31(21-17-29)42-27(5)24-41-36(10,11)33(38)26(3)4/h14-21,27H,1,3,13,23-24H2,2,4-11H3. The second-order valence-corrected chi connectivity index (χ2v) is 12.1. The van der Waals surface area contributed by atoms with Gasteiger partial charge in [0.15, 0.2) is 11.6 Å². The van der Waals surface area contributed by atoms with E-state index >= 15 is 0 Å². The van der Waals surface area contributed by atoms with Crippen molar-refractivity contribution in [1.82, 2.24) is 0 Å². The monoisotopic (exact) mass is 574 g/mol. The molecule has 0 radical (unpaired) electrons. The third-order valence-electron chi connectivity index (χ3n) is 6.97. The van der Waals surface area contributed by atoms with Crippen molar-refractivity contribution in [2.75, 3.05) is 13.2 Å². The highest BCUT2D eigenvalue weighted by Crippen LogP contribution is 2.33. The van der Waals surface area contributed by atoms with Gasteiger partial charge in [0.2, 0.25) is 0 Å². The van der Waals surface area contributed by atoms with Crippen molar-refractivity contribution in [1.29, 1.82) is 0 Å². The number of rotatable bonds is 15. The summed E-state index contributed by atoms with van der Waals surface area (Å²) in [5, 5.41) is 0. The average molecular weight is 575 g/mol. The van der Waals surface area contributed by atoms with Crippen LogP contribution in [0.2, 0.25) is 0 Å². The van der Waals surface area contributed by atoms with Crippen LogP contribution in [0.3, 0.4) is 0 Å². The minimum Gasteiger partial charge on any atom is -0.488 e. The number of benzene rings is 2. The Labute approximate surface area is 252 Å². The van der Waals surface area contributed by atoms with E-state index in [1.165, 1.54) is 0 Å². The molecule has 0 aromatic heterocycles. The molecule has 0 fully saturated rings. The zero-order valence-corrected chi connectivity index (χ0v) is 26.7. The fraction of sp³-hybridized carbons (Fsp3) is 0.444. The fourth-order valence-electron chi connectivity index (χ4n) is 4.31. The third kappa shape index (κ3) is 9.72. The van der Waals surface area contributed by atoms with Crippen LogP contribution in [0, 0.1) is 12.0 Å². The van der Waals surface area contributed by atoms with E-state index in [9.17, 15) is 9.59 Å². The molecule has 1 atom stereocenters. The maximum atomic E-state index is 12.3. The van der Waals surface area contributed by atoms with Gasteiger partial charge in [-0.2, -0.15) is 0 Å². The molecule has 0 heterocycles. The first-order valence-corrected chi connectivity index (χ1v) is 14.2. The van der Waals surface area contributed by atoms with Crippen molar-refractivity contribution in [2.45, 2.75) is 91.5 Å². The Balaban J connectivity index is 1.91. The molecule has 0 bridgehead atoms. The maximum Gasteiger partial charge on any atom is 0.189 e. The van der Waals surface area contributed by atoms with Gasteiger partial charge in [0.05, 0.1) is 13.2 Å². The van der Waals surface area contributed by atoms with Gasteiger partial charge in [-0.05, 0) is 95.0 Å². The van der Waals surface area contributed by atoms with E-state index < -0.39 is 11.2 Å². The van der Waals surface area contributed by atoms with E-state index in [-0.39, 0.29) is 29.7 Å². The van der Waals surface area contributed by atoms with Crippen LogP contribution >= 0.6 is 0 Å². The van der Waals surface area contributed by atoms with Gasteiger partial charge in [-0.3, -0.25) is 9.59 Å². The first kappa shape index (κ1) is 34.5. The minimum absolute atomic E-state index is 0.117. The highest BCUT2D eigenvalue weighted by molar-refractivity contribution is 6.00. The highest BCUT2D eigenvalue weighted by Gasteiger charge is 2.30. The molecule has 6 nitrogen and oxygen atoms in total. The molecule has 226 valence electrons. The molecule has 2 rings (SSSR count). The zero-order chi connectivity index (χ0) is 31.7. The molecular weight excluding hydrogens is 528 g/mol. The van der Waals surface area contributed by atoms with Crippen molar-refractivity contribution >= 4 is 11.6 Å². The van der Waals surface area contributed by atoms with Crippen LogP contribution in [0.1, 0.15) is 79.9 Å². The number of hydrogen-bond donors (Lipinski definition) is 0. The zero-order valence-electron chi connectivity index (χ0n) is 26.7. The van der Waals surface area contributed by atoms with Crippen LogP contribution in [0.4, 0.5) is 0 Å². The normalized spacial score (nSPS) is 12.5. The van der Waals surface area contributed by atoms with Crippen LogP contribution in [-0.4, -0.2) is 42.1 Å². The van der Waals surface area contributed by atoms with Crippen molar-refractivity contribution in [3.63, 3.8) is 0 Å². The van der Waals surface area contributed by atoms with Crippen LogP contribution in [-0.2, 0) is 24.5 Å². The summed E-state index contributed by atoms with van der Waals surface area (Å²) >= 11 is 0. The number of ether oxygens (including phenoxy) is 4. The first-order chi connectivity index (χ1) is 19.5. The van der Waals surface area contributed by atoms with Gasteiger partial charge in [0.1, 0.15) is 34.9 Å².